The van der Waals surface area contributed by atoms with Gasteiger partial charge in [0, 0.05) is 10.0 Å². The molecule has 0 radical (unpaired) electrons. The van der Waals surface area contributed by atoms with Gasteiger partial charge < -0.3 is 9.52 Å². The summed E-state index contributed by atoms with van der Waals surface area (Å²) in [4.78, 5) is 17.5. The molecule has 1 aromatic carbocycles. The van der Waals surface area contributed by atoms with E-state index in [9.17, 15) is 4.79 Å². The number of carboxylic acid groups (broad SMARTS) is 1. The Morgan fingerprint density at radius 2 is 2.18 bits per heavy atom. The Morgan fingerprint density at radius 1 is 1.41 bits per heavy atom. The third kappa shape index (κ3) is 3.56. The quantitative estimate of drug-likeness (QED) is 0.900. The molecule has 116 valence electrons. The van der Waals surface area contributed by atoms with E-state index >= 15 is 0 Å². The number of rotatable bonds is 4. The number of benzene rings is 1. The van der Waals surface area contributed by atoms with Crippen LogP contribution in [0.25, 0.3) is 11.3 Å². The van der Waals surface area contributed by atoms with Crippen molar-refractivity contribution in [1.29, 1.82) is 0 Å². The summed E-state index contributed by atoms with van der Waals surface area (Å²) in [7, 11) is 0. The SMILES string of the molecule is O=C(O)C1CCN(Cc2ncc(-c3cccc(Br)c3)o2)CC1. The third-order valence-corrected chi connectivity index (χ3v) is 4.45. The van der Waals surface area contributed by atoms with Crippen LogP contribution in [0.4, 0.5) is 0 Å². The maximum atomic E-state index is 11.0. The molecule has 5 nitrogen and oxygen atoms in total. The minimum atomic E-state index is -0.687. The normalized spacial score (nSPS) is 16.8. The van der Waals surface area contributed by atoms with E-state index in [-0.39, 0.29) is 5.92 Å². The summed E-state index contributed by atoms with van der Waals surface area (Å²) < 4.78 is 6.81. The maximum Gasteiger partial charge on any atom is 0.306 e. The van der Waals surface area contributed by atoms with Gasteiger partial charge >= 0.3 is 5.97 Å². The molecule has 2 heterocycles. The summed E-state index contributed by atoms with van der Waals surface area (Å²) in [5, 5.41) is 9.01. The Balaban J connectivity index is 1.62. The number of carboxylic acids is 1. The van der Waals surface area contributed by atoms with Gasteiger partial charge in [-0.1, -0.05) is 28.1 Å². The second-order valence-corrected chi connectivity index (χ2v) is 6.43. The standard InChI is InChI=1S/C16H17BrN2O3/c17-13-3-1-2-12(8-13)14-9-18-15(22-14)10-19-6-4-11(5-7-19)16(20)21/h1-3,8-9,11H,4-7,10H2,(H,20,21). The summed E-state index contributed by atoms with van der Waals surface area (Å²) >= 11 is 3.44. The van der Waals surface area contributed by atoms with Crippen molar-refractivity contribution < 1.29 is 14.3 Å². The zero-order chi connectivity index (χ0) is 15.5. The molecule has 0 saturated carbocycles. The minimum Gasteiger partial charge on any atom is -0.481 e. The van der Waals surface area contributed by atoms with Gasteiger partial charge in [-0.3, -0.25) is 9.69 Å². The highest BCUT2D eigenvalue weighted by Gasteiger charge is 2.25. The molecule has 0 aliphatic carbocycles. The summed E-state index contributed by atoms with van der Waals surface area (Å²) in [5.74, 6) is 0.520. The molecule has 1 aromatic heterocycles. The monoisotopic (exact) mass is 364 g/mol. The van der Waals surface area contributed by atoms with Gasteiger partial charge in [0.2, 0.25) is 5.89 Å². The van der Waals surface area contributed by atoms with Crippen molar-refractivity contribution in [3.63, 3.8) is 0 Å². The highest BCUT2D eigenvalue weighted by molar-refractivity contribution is 9.10. The Kier molecular flexibility index (Phi) is 4.59. The van der Waals surface area contributed by atoms with Crippen molar-refractivity contribution >= 4 is 21.9 Å². The van der Waals surface area contributed by atoms with Crippen LogP contribution in [-0.2, 0) is 11.3 Å². The Labute approximate surface area is 137 Å². The van der Waals surface area contributed by atoms with Crippen LogP contribution >= 0.6 is 15.9 Å². The van der Waals surface area contributed by atoms with E-state index in [2.05, 4.69) is 25.8 Å². The molecule has 0 unspecified atom stereocenters. The highest BCUT2D eigenvalue weighted by Crippen LogP contribution is 2.25. The van der Waals surface area contributed by atoms with E-state index in [1.54, 1.807) is 6.20 Å². The number of aliphatic carboxylic acids is 1. The van der Waals surface area contributed by atoms with Gasteiger partial charge in [-0.15, -0.1) is 0 Å². The van der Waals surface area contributed by atoms with Crippen molar-refractivity contribution in [2.24, 2.45) is 5.92 Å². The van der Waals surface area contributed by atoms with Crippen molar-refractivity contribution in [3.8, 4) is 11.3 Å². The first-order valence-corrected chi connectivity index (χ1v) is 8.07. The van der Waals surface area contributed by atoms with Crippen molar-refractivity contribution in [1.82, 2.24) is 9.88 Å². The molecular weight excluding hydrogens is 348 g/mol. The zero-order valence-corrected chi connectivity index (χ0v) is 13.6. The van der Waals surface area contributed by atoms with Gasteiger partial charge in [0.15, 0.2) is 5.76 Å². The van der Waals surface area contributed by atoms with Crippen LogP contribution in [0.1, 0.15) is 18.7 Å². The lowest BCUT2D eigenvalue weighted by molar-refractivity contribution is -0.143. The summed E-state index contributed by atoms with van der Waals surface area (Å²) in [6.45, 7) is 2.16. The van der Waals surface area contributed by atoms with Crippen molar-refractivity contribution in [2.45, 2.75) is 19.4 Å². The fourth-order valence-electron chi connectivity index (χ4n) is 2.69. The van der Waals surface area contributed by atoms with Crippen molar-refractivity contribution in [3.05, 3.63) is 40.8 Å². The molecule has 1 saturated heterocycles. The number of piperidine rings is 1. The summed E-state index contributed by atoms with van der Waals surface area (Å²) in [6, 6.07) is 7.89. The fourth-order valence-corrected chi connectivity index (χ4v) is 3.09. The number of nitrogens with zero attached hydrogens (tertiary/aromatic N) is 2. The second kappa shape index (κ2) is 6.62. The lowest BCUT2D eigenvalue weighted by atomic mass is 9.97. The molecule has 3 rings (SSSR count). The number of halogens is 1. The largest absolute Gasteiger partial charge is 0.481 e. The fraction of sp³-hybridized carbons (Fsp3) is 0.375. The number of likely N-dealkylation sites (tertiary alicyclic amines) is 1. The van der Waals surface area contributed by atoms with Gasteiger partial charge in [-0.2, -0.15) is 0 Å². The number of aromatic nitrogens is 1. The second-order valence-electron chi connectivity index (χ2n) is 5.52. The average molecular weight is 365 g/mol. The predicted octanol–water partition coefficient (Wildman–Crippen LogP) is 3.40. The van der Waals surface area contributed by atoms with Crippen LogP contribution in [0.2, 0.25) is 0 Å². The van der Waals surface area contributed by atoms with E-state index in [1.165, 1.54) is 0 Å². The van der Waals surface area contributed by atoms with Crippen molar-refractivity contribution in [2.75, 3.05) is 13.1 Å². The van der Waals surface area contributed by atoms with Gasteiger partial charge in [0.1, 0.15) is 0 Å². The molecule has 0 spiro atoms. The zero-order valence-electron chi connectivity index (χ0n) is 12.0. The molecule has 1 aliphatic rings. The van der Waals surface area contributed by atoms with Crippen LogP contribution in [0.5, 0.6) is 0 Å². The van der Waals surface area contributed by atoms with E-state index < -0.39 is 5.97 Å². The summed E-state index contributed by atoms with van der Waals surface area (Å²) in [6.07, 6.45) is 3.12. The van der Waals surface area contributed by atoms with Gasteiger partial charge in [0.25, 0.3) is 0 Å². The molecule has 0 bridgehead atoms. The average Bonchev–Trinajstić information content (AvgIpc) is 2.96. The highest BCUT2D eigenvalue weighted by atomic mass is 79.9. The Morgan fingerprint density at radius 3 is 2.86 bits per heavy atom. The smallest absolute Gasteiger partial charge is 0.306 e. The maximum absolute atomic E-state index is 11.0. The van der Waals surface area contributed by atoms with Crippen LogP contribution in [0.15, 0.2) is 39.4 Å². The topological polar surface area (TPSA) is 66.6 Å². The Hall–Kier alpha value is -1.66. The first-order valence-electron chi connectivity index (χ1n) is 7.27. The first kappa shape index (κ1) is 15.2. The van der Waals surface area contributed by atoms with Crippen LogP contribution in [0.3, 0.4) is 0 Å². The summed E-state index contributed by atoms with van der Waals surface area (Å²) in [5.41, 5.74) is 0.984. The lowest BCUT2D eigenvalue weighted by Crippen LogP contribution is -2.35. The minimum absolute atomic E-state index is 0.210. The molecule has 1 fully saturated rings. The molecule has 1 N–H and O–H groups in total. The molecule has 2 aromatic rings. The number of oxazole rings is 1. The van der Waals surface area contributed by atoms with Crippen LogP contribution in [0, 0.1) is 5.92 Å². The van der Waals surface area contributed by atoms with E-state index in [4.69, 9.17) is 9.52 Å². The third-order valence-electron chi connectivity index (χ3n) is 3.96. The van der Waals surface area contributed by atoms with E-state index in [0.717, 1.165) is 28.9 Å². The first-order chi connectivity index (χ1) is 10.6. The Bertz CT molecular complexity index is 663. The molecule has 0 atom stereocenters. The van der Waals surface area contributed by atoms with Crippen LogP contribution < -0.4 is 0 Å². The number of hydrogen-bond donors (Lipinski definition) is 1. The van der Waals surface area contributed by atoms with Crippen LogP contribution in [-0.4, -0.2) is 34.0 Å². The lowest BCUT2D eigenvalue weighted by Gasteiger charge is -2.28. The molecule has 22 heavy (non-hydrogen) atoms. The van der Waals surface area contributed by atoms with E-state index in [0.29, 0.717) is 25.3 Å². The molecular formula is C16H17BrN2O3. The van der Waals surface area contributed by atoms with Gasteiger partial charge in [0.05, 0.1) is 18.7 Å². The molecule has 6 heteroatoms. The predicted molar refractivity (Wildman–Crippen MR) is 85.3 cm³/mol. The van der Waals surface area contributed by atoms with Gasteiger partial charge in [-0.25, -0.2) is 4.98 Å². The molecule has 0 amide bonds. The van der Waals surface area contributed by atoms with Gasteiger partial charge in [-0.05, 0) is 38.1 Å². The number of hydrogen-bond acceptors (Lipinski definition) is 4. The van der Waals surface area contributed by atoms with E-state index in [1.807, 2.05) is 24.3 Å². The molecule has 1 aliphatic heterocycles. The number of carbonyl (C=O) groups is 1.